The third-order valence-corrected chi connectivity index (χ3v) is 8.38. The van der Waals surface area contributed by atoms with Crippen molar-refractivity contribution < 1.29 is 14.0 Å². The number of rotatable bonds is 6. The molecule has 2 amide bonds. The molecule has 1 N–H and O–H groups in total. The zero-order chi connectivity index (χ0) is 29.3. The van der Waals surface area contributed by atoms with Crippen LogP contribution in [-0.4, -0.2) is 33.9 Å². The highest BCUT2D eigenvalue weighted by Gasteiger charge is 2.39. The summed E-state index contributed by atoms with van der Waals surface area (Å²) in [4.78, 5) is 28.7. The van der Waals surface area contributed by atoms with Crippen LogP contribution in [0.1, 0.15) is 59.5 Å². The molecule has 212 valence electrons. The number of carbonyl (C=O) groups is 2. The van der Waals surface area contributed by atoms with Gasteiger partial charge >= 0.3 is 0 Å². The molecule has 5 rings (SSSR count). The minimum atomic E-state index is -0.331. The summed E-state index contributed by atoms with van der Waals surface area (Å²) in [5.41, 5.74) is 6.46. The van der Waals surface area contributed by atoms with Crippen molar-refractivity contribution in [3.63, 3.8) is 0 Å². The van der Waals surface area contributed by atoms with Gasteiger partial charge in [0.1, 0.15) is 18.2 Å². The Labute approximate surface area is 245 Å². The normalized spacial score (nSPS) is 15.4. The van der Waals surface area contributed by atoms with Crippen molar-refractivity contribution in [2.24, 2.45) is 0 Å². The maximum absolute atomic E-state index is 13.8. The molecule has 0 fully saturated rings. The second kappa shape index (κ2) is 11.5. The molecule has 0 spiro atoms. The molecule has 6 nitrogen and oxygen atoms in total. The van der Waals surface area contributed by atoms with E-state index >= 15 is 0 Å². The van der Waals surface area contributed by atoms with Gasteiger partial charge in [0.25, 0.3) is 0 Å². The van der Waals surface area contributed by atoms with Crippen LogP contribution in [-0.2, 0) is 21.5 Å². The first-order valence-electron chi connectivity index (χ1n) is 13.7. The Morgan fingerprint density at radius 3 is 2.39 bits per heavy atom. The van der Waals surface area contributed by atoms with Crippen molar-refractivity contribution >= 4 is 29.4 Å². The fraction of sp³-hybridized carbons (Fsp3) is 0.303. The van der Waals surface area contributed by atoms with E-state index in [0.29, 0.717) is 5.82 Å². The maximum atomic E-state index is 13.8. The van der Waals surface area contributed by atoms with Crippen LogP contribution in [0.3, 0.4) is 0 Å². The Kier molecular flexibility index (Phi) is 8.04. The highest BCUT2D eigenvalue weighted by Crippen LogP contribution is 2.48. The molecule has 2 heterocycles. The summed E-state index contributed by atoms with van der Waals surface area (Å²) in [5, 5.41) is 7.89. The Bertz CT molecular complexity index is 1570. The number of amides is 2. The molecule has 1 atom stereocenters. The third-order valence-electron chi connectivity index (χ3n) is 7.13. The molecule has 1 aromatic heterocycles. The minimum Gasteiger partial charge on any atom is -0.350 e. The predicted molar refractivity (Wildman–Crippen MR) is 163 cm³/mol. The van der Waals surface area contributed by atoms with Gasteiger partial charge in [0.15, 0.2) is 0 Å². The van der Waals surface area contributed by atoms with Gasteiger partial charge in [0.2, 0.25) is 11.8 Å². The van der Waals surface area contributed by atoms with Gasteiger partial charge in [0, 0.05) is 17.5 Å². The molecule has 0 radical (unpaired) electrons. The average molecular weight is 571 g/mol. The molecule has 0 bridgehead atoms. The first-order valence-corrected chi connectivity index (χ1v) is 14.8. The van der Waals surface area contributed by atoms with Crippen molar-refractivity contribution in [3.05, 3.63) is 112 Å². The van der Waals surface area contributed by atoms with E-state index in [-0.39, 0.29) is 47.1 Å². The van der Waals surface area contributed by atoms with Crippen molar-refractivity contribution in [1.29, 1.82) is 0 Å². The fourth-order valence-corrected chi connectivity index (χ4v) is 6.23. The number of nitrogens with one attached hydrogen (secondary N) is 1. The molecular formula is C33H35FN4O2S. The van der Waals surface area contributed by atoms with Gasteiger partial charge in [-0.3, -0.25) is 14.5 Å². The highest BCUT2D eigenvalue weighted by atomic mass is 32.2. The number of aromatic nitrogens is 2. The molecule has 3 aromatic carbocycles. The van der Waals surface area contributed by atoms with Crippen LogP contribution in [0, 0.1) is 19.7 Å². The summed E-state index contributed by atoms with van der Waals surface area (Å²) in [7, 11) is 0. The second-order valence-corrected chi connectivity index (χ2v) is 12.7. The van der Waals surface area contributed by atoms with Gasteiger partial charge in [0.05, 0.1) is 22.4 Å². The van der Waals surface area contributed by atoms with Crippen LogP contribution >= 0.6 is 11.8 Å². The second-order valence-electron chi connectivity index (χ2n) is 11.6. The lowest BCUT2D eigenvalue weighted by atomic mass is 9.87. The van der Waals surface area contributed by atoms with Crippen LogP contribution in [0.15, 0.2) is 72.8 Å². The molecule has 8 heteroatoms. The molecule has 0 saturated carbocycles. The number of benzene rings is 3. The lowest BCUT2D eigenvalue weighted by Crippen LogP contribution is -2.42. The number of hydrogen-bond acceptors (Lipinski definition) is 4. The summed E-state index contributed by atoms with van der Waals surface area (Å²) >= 11 is 1.57. The number of halogens is 1. The lowest BCUT2D eigenvalue weighted by Gasteiger charge is -2.24. The molecule has 1 aliphatic rings. The number of anilines is 1. The Balaban J connectivity index is 1.63. The third kappa shape index (κ3) is 6.22. The number of carbonyl (C=O) groups excluding carboxylic acids is 2. The first-order chi connectivity index (χ1) is 19.5. The minimum absolute atomic E-state index is 0.144. The molecule has 1 unspecified atom stereocenters. The summed E-state index contributed by atoms with van der Waals surface area (Å²) in [6.07, 6.45) is 0. The molecule has 1 aliphatic heterocycles. The van der Waals surface area contributed by atoms with E-state index in [9.17, 15) is 14.0 Å². The number of hydrogen-bond donors (Lipinski definition) is 1. The van der Waals surface area contributed by atoms with Crippen LogP contribution in [0.5, 0.6) is 0 Å². The van der Waals surface area contributed by atoms with E-state index in [0.717, 1.165) is 39.2 Å². The van der Waals surface area contributed by atoms with Crippen molar-refractivity contribution in [2.75, 3.05) is 17.2 Å². The van der Waals surface area contributed by atoms with Crippen LogP contribution < -0.4 is 10.2 Å². The molecule has 0 aliphatic carbocycles. The number of aryl methyl sites for hydroxylation is 2. The number of nitrogens with zero attached hydrogens (tertiary/aromatic N) is 3. The maximum Gasteiger partial charge on any atom is 0.240 e. The van der Waals surface area contributed by atoms with E-state index in [1.807, 2.05) is 41.9 Å². The quantitative estimate of drug-likeness (QED) is 0.291. The Morgan fingerprint density at radius 2 is 1.73 bits per heavy atom. The van der Waals surface area contributed by atoms with Crippen LogP contribution in [0.25, 0.3) is 5.69 Å². The highest BCUT2D eigenvalue weighted by molar-refractivity contribution is 8.00. The average Bonchev–Trinajstić information content (AvgIpc) is 3.26. The van der Waals surface area contributed by atoms with E-state index in [1.54, 1.807) is 28.8 Å². The molecule has 0 saturated heterocycles. The number of thioether (sulfide) groups is 1. The standard InChI is InChI=1S/C33H35FN4O2S/c1-21-9-15-26(16-10-21)38-32-29(31(36-38)33(3,4)5)30(24-8-6-7-22(2)17-24)41-20-28(40)37(32)19-27(39)35-18-23-11-13-25(34)14-12-23/h6-17,30H,18-20H2,1-5H3,(H,35,39). The summed E-state index contributed by atoms with van der Waals surface area (Å²) in [5.74, 6) is 0.0500. The first kappa shape index (κ1) is 28.6. The summed E-state index contributed by atoms with van der Waals surface area (Å²) in [6.45, 7) is 10.5. The Hall–Kier alpha value is -3.91. The van der Waals surface area contributed by atoms with Gasteiger partial charge in [-0.1, -0.05) is 80.4 Å². The van der Waals surface area contributed by atoms with Crippen molar-refractivity contribution in [3.8, 4) is 5.69 Å². The van der Waals surface area contributed by atoms with Crippen LogP contribution in [0.2, 0.25) is 0 Å². The fourth-order valence-electron chi connectivity index (χ4n) is 5.04. The van der Waals surface area contributed by atoms with Gasteiger partial charge < -0.3 is 5.32 Å². The monoisotopic (exact) mass is 570 g/mol. The molecule has 41 heavy (non-hydrogen) atoms. The molecule has 4 aromatic rings. The van der Waals surface area contributed by atoms with Gasteiger partial charge in [-0.25, -0.2) is 9.07 Å². The van der Waals surface area contributed by atoms with Crippen molar-refractivity contribution in [2.45, 2.75) is 51.8 Å². The van der Waals surface area contributed by atoms with Gasteiger partial charge in [-0.15, -0.1) is 11.8 Å². The molecular weight excluding hydrogens is 535 g/mol. The van der Waals surface area contributed by atoms with Gasteiger partial charge in [-0.05, 0) is 49.2 Å². The van der Waals surface area contributed by atoms with E-state index in [1.165, 1.54) is 12.1 Å². The SMILES string of the molecule is Cc1ccc(-n2nc(C(C)(C)C)c3c2N(CC(=O)NCc2ccc(F)cc2)C(=O)CSC3c2cccc(C)c2)cc1. The topological polar surface area (TPSA) is 67.2 Å². The zero-order valence-electron chi connectivity index (χ0n) is 24.1. The summed E-state index contributed by atoms with van der Waals surface area (Å²) < 4.78 is 15.2. The zero-order valence-corrected chi connectivity index (χ0v) is 24.9. The predicted octanol–water partition coefficient (Wildman–Crippen LogP) is 6.41. The van der Waals surface area contributed by atoms with E-state index in [2.05, 4.69) is 51.2 Å². The van der Waals surface area contributed by atoms with Crippen molar-refractivity contribution in [1.82, 2.24) is 15.1 Å². The van der Waals surface area contributed by atoms with Gasteiger partial charge in [-0.2, -0.15) is 5.10 Å². The largest absolute Gasteiger partial charge is 0.350 e. The van der Waals surface area contributed by atoms with E-state index < -0.39 is 0 Å². The summed E-state index contributed by atoms with van der Waals surface area (Å²) in [6, 6.07) is 22.4. The Morgan fingerprint density at radius 1 is 1.02 bits per heavy atom. The smallest absolute Gasteiger partial charge is 0.240 e. The number of fused-ring (bicyclic) bond motifs is 1. The van der Waals surface area contributed by atoms with E-state index in [4.69, 9.17) is 5.10 Å². The lowest BCUT2D eigenvalue weighted by molar-refractivity contribution is -0.123. The van der Waals surface area contributed by atoms with Crippen LogP contribution in [0.4, 0.5) is 10.2 Å².